The lowest BCUT2D eigenvalue weighted by Gasteiger charge is -2.15. The SMILES string of the molecule is CCCCN(C)CC(=O)Nc1cccc(-c2nc(C(=O)O)cs2)c1. The maximum Gasteiger partial charge on any atom is 0.355 e. The molecule has 0 saturated carbocycles. The quantitative estimate of drug-likeness (QED) is 0.766. The monoisotopic (exact) mass is 347 g/mol. The second-order valence-corrected chi connectivity index (χ2v) is 6.42. The van der Waals surface area contributed by atoms with Crippen molar-refractivity contribution in [1.82, 2.24) is 9.88 Å². The number of nitrogens with one attached hydrogen (secondary N) is 1. The highest BCUT2D eigenvalue weighted by Gasteiger charge is 2.11. The largest absolute Gasteiger partial charge is 0.476 e. The Morgan fingerprint density at radius 2 is 2.17 bits per heavy atom. The summed E-state index contributed by atoms with van der Waals surface area (Å²) in [6.45, 7) is 3.35. The van der Waals surface area contributed by atoms with Gasteiger partial charge in [-0.2, -0.15) is 0 Å². The number of nitrogens with zero attached hydrogens (tertiary/aromatic N) is 2. The number of anilines is 1. The fraction of sp³-hybridized carbons (Fsp3) is 0.353. The minimum Gasteiger partial charge on any atom is -0.476 e. The van der Waals surface area contributed by atoms with Crippen molar-refractivity contribution in [2.45, 2.75) is 19.8 Å². The van der Waals surface area contributed by atoms with Crippen LogP contribution in [0.25, 0.3) is 10.6 Å². The Balaban J connectivity index is 2.01. The summed E-state index contributed by atoms with van der Waals surface area (Å²) in [6.07, 6.45) is 2.16. The van der Waals surface area contributed by atoms with E-state index >= 15 is 0 Å². The number of amides is 1. The Bertz CT molecular complexity index is 715. The van der Waals surface area contributed by atoms with Crippen LogP contribution < -0.4 is 5.32 Å². The van der Waals surface area contributed by atoms with E-state index in [0.29, 0.717) is 17.2 Å². The number of carbonyl (C=O) groups is 2. The number of rotatable bonds is 8. The average molecular weight is 347 g/mol. The molecule has 0 bridgehead atoms. The number of unbranched alkanes of at least 4 members (excludes halogenated alkanes) is 1. The van der Waals surface area contributed by atoms with Gasteiger partial charge in [0.1, 0.15) is 5.01 Å². The van der Waals surface area contributed by atoms with Gasteiger partial charge in [0.2, 0.25) is 5.91 Å². The van der Waals surface area contributed by atoms with Crippen LogP contribution in [-0.2, 0) is 4.79 Å². The van der Waals surface area contributed by atoms with E-state index in [1.165, 1.54) is 16.7 Å². The molecule has 0 fully saturated rings. The molecule has 7 heteroatoms. The number of carbonyl (C=O) groups excluding carboxylic acids is 1. The van der Waals surface area contributed by atoms with E-state index in [2.05, 4.69) is 17.2 Å². The van der Waals surface area contributed by atoms with E-state index in [4.69, 9.17) is 5.11 Å². The molecule has 0 aliphatic carbocycles. The summed E-state index contributed by atoms with van der Waals surface area (Å²) in [7, 11) is 1.93. The minimum atomic E-state index is -1.04. The van der Waals surface area contributed by atoms with Crippen LogP contribution >= 0.6 is 11.3 Å². The molecule has 2 rings (SSSR count). The second-order valence-electron chi connectivity index (χ2n) is 5.56. The van der Waals surface area contributed by atoms with E-state index in [0.717, 1.165) is 24.9 Å². The van der Waals surface area contributed by atoms with E-state index in [1.807, 2.05) is 24.1 Å². The lowest BCUT2D eigenvalue weighted by molar-refractivity contribution is -0.117. The maximum atomic E-state index is 12.1. The van der Waals surface area contributed by atoms with Crippen LogP contribution in [0.5, 0.6) is 0 Å². The first-order valence-corrected chi connectivity index (χ1v) is 8.65. The highest BCUT2D eigenvalue weighted by atomic mass is 32.1. The third-order valence-corrected chi connectivity index (χ3v) is 4.31. The highest BCUT2D eigenvalue weighted by molar-refractivity contribution is 7.13. The zero-order chi connectivity index (χ0) is 17.5. The number of hydrogen-bond donors (Lipinski definition) is 2. The summed E-state index contributed by atoms with van der Waals surface area (Å²) in [4.78, 5) is 29.1. The minimum absolute atomic E-state index is 0.0296. The molecule has 24 heavy (non-hydrogen) atoms. The standard InChI is InChI=1S/C17H21N3O3S/c1-3-4-8-20(2)10-15(21)18-13-7-5-6-12(9-13)16-19-14(11-24-16)17(22)23/h5-7,9,11H,3-4,8,10H2,1-2H3,(H,18,21)(H,22,23). The number of likely N-dealkylation sites (N-methyl/N-ethyl adjacent to an activating group) is 1. The van der Waals surface area contributed by atoms with E-state index < -0.39 is 5.97 Å². The molecule has 0 spiro atoms. The number of thiazole rings is 1. The molecule has 0 saturated heterocycles. The molecular formula is C17H21N3O3S. The van der Waals surface area contributed by atoms with Gasteiger partial charge in [-0.25, -0.2) is 9.78 Å². The molecule has 2 aromatic rings. The Morgan fingerprint density at radius 3 is 2.83 bits per heavy atom. The van der Waals surface area contributed by atoms with E-state index in [-0.39, 0.29) is 11.6 Å². The Hall–Kier alpha value is -2.25. The number of hydrogen-bond acceptors (Lipinski definition) is 5. The summed E-state index contributed by atoms with van der Waals surface area (Å²) in [5, 5.41) is 13.9. The predicted octanol–water partition coefficient (Wildman–Crippen LogP) is 3.18. The van der Waals surface area contributed by atoms with Gasteiger partial charge in [0.05, 0.1) is 6.54 Å². The van der Waals surface area contributed by atoms with Crippen LogP contribution in [0.1, 0.15) is 30.3 Å². The van der Waals surface area contributed by atoms with Crippen molar-refractivity contribution in [2.75, 3.05) is 25.5 Å². The molecule has 0 aliphatic heterocycles. The molecule has 1 amide bonds. The van der Waals surface area contributed by atoms with Crippen LogP contribution in [0.2, 0.25) is 0 Å². The molecule has 6 nitrogen and oxygen atoms in total. The summed E-state index contributed by atoms with van der Waals surface area (Å²) < 4.78 is 0. The first kappa shape index (κ1) is 18.1. The van der Waals surface area contributed by atoms with Gasteiger partial charge < -0.3 is 10.4 Å². The van der Waals surface area contributed by atoms with Crippen LogP contribution in [0.4, 0.5) is 5.69 Å². The maximum absolute atomic E-state index is 12.1. The lowest BCUT2D eigenvalue weighted by Crippen LogP contribution is -2.30. The van der Waals surface area contributed by atoms with Crippen LogP contribution in [-0.4, -0.2) is 47.0 Å². The smallest absolute Gasteiger partial charge is 0.355 e. The van der Waals surface area contributed by atoms with Crippen molar-refractivity contribution in [3.05, 3.63) is 35.3 Å². The Morgan fingerprint density at radius 1 is 1.38 bits per heavy atom. The van der Waals surface area contributed by atoms with Gasteiger partial charge in [0.25, 0.3) is 0 Å². The Kier molecular flexibility index (Phi) is 6.45. The van der Waals surface area contributed by atoms with Crippen molar-refractivity contribution in [3.8, 4) is 10.6 Å². The number of carboxylic acid groups (broad SMARTS) is 1. The van der Waals surface area contributed by atoms with Crippen molar-refractivity contribution in [1.29, 1.82) is 0 Å². The van der Waals surface area contributed by atoms with Crippen LogP contribution in [0.15, 0.2) is 29.6 Å². The molecule has 1 heterocycles. The van der Waals surface area contributed by atoms with E-state index in [1.54, 1.807) is 12.1 Å². The van der Waals surface area contributed by atoms with Crippen molar-refractivity contribution in [3.63, 3.8) is 0 Å². The first-order valence-electron chi connectivity index (χ1n) is 7.77. The zero-order valence-corrected chi connectivity index (χ0v) is 14.6. The third kappa shape index (κ3) is 5.14. The number of aromatic nitrogens is 1. The van der Waals surface area contributed by atoms with Gasteiger partial charge in [-0.05, 0) is 32.1 Å². The lowest BCUT2D eigenvalue weighted by atomic mass is 10.2. The molecule has 0 atom stereocenters. The van der Waals surface area contributed by atoms with Gasteiger partial charge in [-0.15, -0.1) is 11.3 Å². The van der Waals surface area contributed by atoms with Gasteiger partial charge in [0, 0.05) is 16.6 Å². The topological polar surface area (TPSA) is 82.5 Å². The van der Waals surface area contributed by atoms with Gasteiger partial charge in [0.15, 0.2) is 5.69 Å². The Labute approximate surface area is 145 Å². The molecule has 0 unspecified atom stereocenters. The summed E-state index contributed by atoms with van der Waals surface area (Å²) >= 11 is 1.27. The molecule has 1 aromatic carbocycles. The van der Waals surface area contributed by atoms with Gasteiger partial charge in [-0.3, -0.25) is 9.69 Å². The molecule has 0 aliphatic rings. The third-order valence-electron chi connectivity index (χ3n) is 3.42. The predicted molar refractivity (Wildman–Crippen MR) is 95.5 cm³/mol. The summed E-state index contributed by atoms with van der Waals surface area (Å²) in [6, 6.07) is 7.26. The molecule has 0 radical (unpaired) electrons. The average Bonchev–Trinajstić information content (AvgIpc) is 3.03. The zero-order valence-electron chi connectivity index (χ0n) is 13.8. The number of benzene rings is 1. The summed E-state index contributed by atoms with van der Waals surface area (Å²) in [5.74, 6) is -1.12. The molecule has 1 aromatic heterocycles. The highest BCUT2D eigenvalue weighted by Crippen LogP contribution is 2.26. The van der Waals surface area contributed by atoms with Gasteiger partial charge in [-0.1, -0.05) is 25.5 Å². The van der Waals surface area contributed by atoms with Crippen molar-refractivity contribution < 1.29 is 14.7 Å². The molecular weight excluding hydrogens is 326 g/mol. The fourth-order valence-corrected chi connectivity index (χ4v) is 2.98. The second kappa shape index (κ2) is 8.56. The molecule has 128 valence electrons. The fourth-order valence-electron chi connectivity index (χ4n) is 2.19. The number of carboxylic acids is 1. The van der Waals surface area contributed by atoms with Crippen LogP contribution in [0, 0.1) is 0 Å². The van der Waals surface area contributed by atoms with Crippen molar-refractivity contribution in [2.24, 2.45) is 0 Å². The van der Waals surface area contributed by atoms with Crippen LogP contribution in [0.3, 0.4) is 0 Å². The van der Waals surface area contributed by atoms with Crippen molar-refractivity contribution >= 4 is 28.9 Å². The van der Waals surface area contributed by atoms with Gasteiger partial charge >= 0.3 is 5.97 Å². The normalized spacial score (nSPS) is 10.8. The number of aromatic carboxylic acids is 1. The summed E-state index contributed by atoms with van der Waals surface area (Å²) in [5.41, 5.74) is 1.49. The molecule has 2 N–H and O–H groups in total. The first-order chi connectivity index (χ1) is 11.5. The van der Waals surface area contributed by atoms with E-state index in [9.17, 15) is 9.59 Å².